The van der Waals surface area contributed by atoms with Crippen molar-refractivity contribution in [3.63, 3.8) is 0 Å². The highest BCUT2D eigenvalue weighted by molar-refractivity contribution is 6.53. The van der Waals surface area contributed by atoms with E-state index in [1.165, 1.54) is 17.3 Å². The molecule has 0 aromatic heterocycles. The quantitative estimate of drug-likeness (QED) is 0.465. The Morgan fingerprint density at radius 1 is 1.00 bits per heavy atom. The monoisotopic (exact) mass is 409 g/mol. The zero-order chi connectivity index (χ0) is 17.4. The first-order valence-electron chi connectivity index (χ1n) is 6.95. The number of fused-ring (bicyclic) bond motifs is 2. The largest absolute Gasteiger partial charge is 0.476 e. The number of ether oxygens (including phenoxy) is 3. The highest BCUT2D eigenvalue weighted by Gasteiger charge is 2.35. The summed E-state index contributed by atoms with van der Waals surface area (Å²) in [4.78, 5) is 13.1. The summed E-state index contributed by atoms with van der Waals surface area (Å²) in [5.74, 6) is 0.417. The van der Waals surface area contributed by atoms with Crippen LogP contribution in [0.15, 0.2) is 24.6 Å². The number of carbonyl (C=O) groups is 1. The van der Waals surface area contributed by atoms with Gasteiger partial charge in [0.1, 0.15) is 10.0 Å². The second-order valence-corrected chi connectivity index (χ2v) is 6.38. The molecular formula is C15H11Cl4NO4. The van der Waals surface area contributed by atoms with Gasteiger partial charge in [0, 0.05) is 12.4 Å². The van der Waals surface area contributed by atoms with E-state index in [-0.39, 0.29) is 38.2 Å². The number of carbonyl (C=O) groups excluding carboxylic acids is 1. The van der Waals surface area contributed by atoms with Crippen LogP contribution < -0.4 is 9.47 Å². The van der Waals surface area contributed by atoms with E-state index in [1.807, 2.05) is 0 Å². The van der Waals surface area contributed by atoms with Crippen LogP contribution in [-0.2, 0) is 4.74 Å². The molecule has 2 atom stereocenters. The van der Waals surface area contributed by atoms with E-state index in [1.54, 1.807) is 19.1 Å². The molecular weight excluding hydrogens is 400 g/mol. The Morgan fingerprint density at radius 3 is 1.88 bits per heavy atom. The number of benzene rings is 1. The van der Waals surface area contributed by atoms with Gasteiger partial charge in [-0.1, -0.05) is 46.4 Å². The number of hydrogen-bond acceptors (Lipinski definition) is 4. The van der Waals surface area contributed by atoms with Crippen molar-refractivity contribution >= 4 is 52.5 Å². The van der Waals surface area contributed by atoms with E-state index in [0.717, 1.165) is 0 Å². The molecule has 0 radical (unpaired) electrons. The zero-order valence-electron chi connectivity index (χ0n) is 12.3. The molecule has 9 heteroatoms. The fourth-order valence-electron chi connectivity index (χ4n) is 2.23. The summed E-state index contributed by atoms with van der Waals surface area (Å²) >= 11 is 24.4. The Labute approximate surface area is 158 Å². The maximum Gasteiger partial charge on any atom is 0.417 e. The molecule has 128 valence electrons. The molecule has 1 amide bonds. The lowest BCUT2D eigenvalue weighted by Crippen LogP contribution is -2.37. The zero-order valence-corrected chi connectivity index (χ0v) is 15.3. The van der Waals surface area contributed by atoms with E-state index in [4.69, 9.17) is 60.6 Å². The lowest BCUT2D eigenvalue weighted by atomic mass is 10.1. The smallest absolute Gasteiger partial charge is 0.417 e. The average molecular weight is 411 g/mol. The number of hydrogen-bond donors (Lipinski definition) is 0. The summed E-state index contributed by atoms with van der Waals surface area (Å²) < 4.78 is 16.6. The van der Waals surface area contributed by atoms with Crippen LogP contribution in [0.1, 0.15) is 6.92 Å². The van der Waals surface area contributed by atoms with E-state index in [2.05, 4.69) is 0 Å². The van der Waals surface area contributed by atoms with Crippen molar-refractivity contribution in [3.8, 4) is 11.5 Å². The molecule has 0 saturated heterocycles. The predicted molar refractivity (Wildman–Crippen MR) is 92.5 cm³/mol. The third-order valence-electron chi connectivity index (χ3n) is 3.37. The van der Waals surface area contributed by atoms with Crippen molar-refractivity contribution in [2.75, 3.05) is 6.61 Å². The summed E-state index contributed by atoms with van der Waals surface area (Å²) in [6.07, 6.45) is 4.79. The lowest BCUT2D eigenvalue weighted by molar-refractivity contribution is 0.0776. The van der Waals surface area contributed by atoms with Crippen LogP contribution in [0.4, 0.5) is 4.79 Å². The first-order valence-corrected chi connectivity index (χ1v) is 8.46. The van der Waals surface area contributed by atoms with Crippen LogP contribution in [0.25, 0.3) is 0 Å². The van der Waals surface area contributed by atoms with Crippen molar-refractivity contribution in [1.82, 2.24) is 4.90 Å². The summed E-state index contributed by atoms with van der Waals surface area (Å²) in [5, 5.41) is 0.405. The third-order valence-corrected chi connectivity index (χ3v) is 5.13. The Bertz CT molecular complexity index is 697. The molecule has 2 aliphatic rings. The van der Waals surface area contributed by atoms with E-state index in [9.17, 15) is 4.79 Å². The van der Waals surface area contributed by atoms with Crippen molar-refractivity contribution in [1.29, 1.82) is 0 Å². The van der Waals surface area contributed by atoms with Gasteiger partial charge in [0.05, 0.1) is 16.7 Å². The van der Waals surface area contributed by atoms with Gasteiger partial charge in [0.25, 0.3) is 0 Å². The van der Waals surface area contributed by atoms with E-state index < -0.39 is 18.3 Å². The van der Waals surface area contributed by atoms with Crippen molar-refractivity contribution in [2.24, 2.45) is 0 Å². The molecule has 2 heterocycles. The third kappa shape index (κ3) is 3.02. The van der Waals surface area contributed by atoms with Gasteiger partial charge >= 0.3 is 6.09 Å². The highest BCUT2D eigenvalue weighted by Crippen LogP contribution is 2.52. The Balaban J connectivity index is 1.95. The van der Waals surface area contributed by atoms with Crippen LogP contribution >= 0.6 is 46.4 Å². The molecule has 0 spiro atoms. The summed E-state index contributed by atoms with van der Waals surface area (Å²) in [5.41, 5.74) is 0. The maximum absolute atomic E-state index is 11.8. The first kappa shape index (κ1) is 17.5. The molecule has 24 heavy (non-hydrogen) atoms. The van der Waals surface area contributed by atoms with Crippen molar-refractivity contribution in [3.05, 3.63) is 44.6 Å². The number of nitrogens with zero attached hydrogens (tertiary/aromatic N) is 1. The molecule has 3 rings (SSSR count). The number of halogens is 4. The first-order chi connectivity index (χ1) is 11.4. The molecule has 0 fully saturated rings. The second-order valence-electron chi connectivity index (χ2n) is 4.87. The van der Waals surface area contributed by atoms with Gasteiger partial charge in [-0.2, -0.15) is 0 Å². The molecule has 0 N–H and O–H groups in total. The predicted octanol–water partition coefficient (Wildman–Crippen LogP) is 5.31. The molecule has 0 saturated carbocycles. The summed E-state index contributed by atoms with van der Waals surface area (Å²) in [6, 6.07) is 0. The minimum Gasteiger partial charge on any atom is -0.476 e. The van der Waals surface area contributed by atoms with Gasteiger partial charge in [-0.15, -0.1) is 0 Å². The van der Waals surface area contributed by atoms with Crippen LogP contribution in [0.3, 0.4) is 0 Å². The molecule has 1 aromatic carbocycles. The van der Waals surface area contributed by atoms with Gasteiger partial charge in [0.15, 0.2) is 23.7 Å². The maximum atomic E-state index is 11.8. The fraction of sp³-hybridized carbons (Fsp3) is 0.267. The average Bonchev–Trinajstić information content (AvgIpc) is 2.79. The Hall–Kier alpha value is -1.27. The topological polar surface area (TPSA) is 48.0 Å². The molecule has 0 bridgehead atoms. The molecule has 2 aliphatic heterocycles. The van der Waals surface area contributed by atoms with Gasteiger partial charge in [-0.3, -0.25) is 4.90 Å². The van der Waals surface area contributed by atoms with Gasteiger partial charge < -0.3 is 14.2 Å². The van der Waals surface area contributed by atoms with Crippen LogP contribution in [0, 0.1) is 0 Å². The van der Waals surface area contributed by atoms with Crippen LogP contribution in [0.5, 0.6) is 11.5 Å². The number of amides is 1. The van der Waals surface area contributed by atoms with Crippen molar-refractivity contribution < 1.29 is 19.0 Å². The highest BCUT2D eigenvalue weighted by atomic mass is 35.5. The summed E-state index contributed by atoms with van der Waals surface area (Å²) in [7, 11) is 0. The Kier molecular flexibility index (Phi) is 5.06. The van der Waals surface area contributed by atoms with Crippen LogP contribution in [0.2, 0.25) is 20.1 Å². The summed E-state index contributed by atoms with van der Waals surface area (Å²) in [6.45, 7) is 1.99. The molecule has 0 aliphatic carbocycles. The van der Waals surface area contributed by atoms with Gasteiger partial charge in [-0.25, -0.2) is 4.79 Å². The minimum atomic E-state index is -0.529. The van der Waals surface area contributed by atoms with E-state index >= 15 is 0 Å². The van der Waals surface area contributed by atoms with Crippen LogP contribution in [-0.4, -0.2) is 29.8 Å². The normalized spacial score (nSPS) is 21.3. The minimum absolute atomic E-state index is 0.0884. The van der Waals surface area contributed by atoms with Gasteiger partial charge in [0.2, 0.25) is 0 Å². The van der Waals surface area contributed by atoms with E-state index in [0.29, 0.717) is 0 Å². The molecule has 5 nitrogen and oxygen atoms in total. The SMILES string of the molecule is CCOC(=O)N1C=CC2Oc3c(Cl)c(Cl)c(Cl)c(Cl)c3OC2C=C1. The molecule has 1 aromatic rings. The Morgan fingerprint density at radius 2 is 1.46 bits per heavy atom. The second kappa shape index (κ2) is 6.92. The van der Waals surface area contributed by atoms with Gasteiger partial charge in [-0.05, 0) is 19.1 Å². The lowest BCUT2D eigenvalue weighted by Gasteiger charge is -2.31. The fourth-order valence-corrected chi connectivity index (χ4v) is 3.14. The molecule has 2 unspecified atom stereocenters. The standard InChI is InChI=1S/C15H11Cl4NO4/c1-2-22-15(21)20-5-3-7-8(4-6-20)24-14-12(19)10(17)9(16)11(18)13(14)23-7/h3-8H,2H2,1H3. The number of rotatable bonds is 1. The van der Waals surface area contributed by atoms with Crippen molar-refractivity contribution in [2.45, 2.75) is 19.1 Å².